The minimum Gasteiger partial charge on any atom is -0.356 e. The molecule has 0 aliphatic carbocycles. The molecule has 0 spiro atoms. The Bertz CT molecular complexity index is 553. The number of hydrogen-bond acceptors (Lipinski definition) is 3. The van der Waals surface area contributed by atoms with E-state index in [-0.39, 0.29) is 35.8 Å². The van der Waals surface area contributed by atoms with E-state index in [0.717, 1.165) is 24.6 Å². The average molecular weight is 462 g/mol. The first kappa shape index (κ1) is 21.1. The van der Waals surface area contributed by atoms with Crippen LogP contribution in [0.5, 0.6) is 0 Å². The summed E-state index contributed by atoms with van der Waals surface area (Å²) in [5.74, 6) is 2.25. The number of thioether (sulfide) groups is 1. The first-order chi connectivity index (χ1) is 11.2. The second-order valence-corrected chi connectivity index (χ2v) is 6.60. The van der Waals surface area contributed by atoms with Crippen molar-refractivity contribution in [3.8, 4) is 0 Å². The van der Waals surface area contributed by atoms with E-state index < -0.39 is 0 Å². The molecule has 1 heterocycles. The largest absolute Gasteiger partial charge is 0.356 e. The van der Waals surface area contributed by atoms with Crippen molar-refractivity contribution >= 4 is 53.3 Å². The van der Waals surface area contributed by atoms with Gasteiger partial charge in [-0.05, 0) is 36.5 Å². The molecule has 2 rings (SSSR count). The number of benzene rings is 1. The molecule has 0 saturated heterocycles. The lowest BCUT2D eigenvalue weighted by atomic mass is 9.90. The molecule has 5 nitrogen and oxygen atoms in total. The number of nitrogens with zero attached hydrogens (tertiary/aromatic N) is 1. The summed E-state index contributed by atoms with van der Waals surface area (Å²) < 4.78 is 0. The van der Waals surface area contributed by atoms with Crippen molar-refractivity contribution in [2.24, 2.45) is 4.99 Å². The zero-order valence-corrected chi connectivity index (χ0v) is 17.4. The van der Waals surface area contributed by atoms with Gasteiger partial charge in [0, 0.05) is 38.2 Å². The van der Waals surface area contributed by atoms with Crippen LogP contribution >= 0.6 is 35.7 Å². The van der Waals surface area contributed by atoms with Gasteiger partial charge in [-0.1, -0.05) is 18.2 Å². The SMILES string of the molecule is CN=C(NCCCCSC)NCC1CC(=O)Nc2ccccc21.I. The summed E-state index contributed by atoms with van der Waals surface area (Å²) in [7, 11) is 1.78. The third-order valence-corrected chi connectivity index (χ3v) is 4.61. The van der Waals surface area contributed by atoms with Gasteiger partial charge in [0.25, 0.3) is 0 Å². The van der Waals surface area contributed by atoms with Crippen LogP contribution in [0.3, 0.4) is 0 Å². The minimum atomic E-state index is 0. The summed E-state index contributed by atoms with van der Waals surface area (Å²) in [6.45, 7) is 1.62. The van der Waals surface area contributed by atoms with Gasteiger partial charge >= 0.3 is 0 Å². The molecule has 1 amide bonds. The summed E-state index contributed by atoms with van der Waals surface area (Å²) in [5.41, 5.74) is 2.12. The average Bonchev–Trinajstić information content (AvgIpc) is 2.57. The van der Waals surface area contributed by atoms with Crippen LogP contribution in [0.1, 0.15) is 30.7 Å². The van der Waals surface area contributed by atoms with Crippen molar-refractivity contribution in [2.75, 3.05) is 37.5 Å². The van der Waals surface area contributed by atoms with Gasteiger partial charge in [-0.2, -0.15) is 11.8 Å². The fourth-order valence-corrected chi connectivity index (χ4v) is 3.20. The Kier molecular flexibility index (Phi) is 10.2. The van der Waals surface area contributed by atoms with Crippen LogP contribution < -0.4 is 16.0 Å². The molecule has 0 fully saturated rings. The van der Waals surface area contributed by atoms with Gasteiger partial charge in [0.1, 0.15) is 0 Å². The number of anilines is 1. The highest BCUT2D eigenvalue weighted by Gasteiger charge is 2.24. The van der Waals surface area contributed by atoms with Crippen molar-refractivity contribution in [1.29, 1.82) is 0 Å². The summed E-state index contributed by atoms with van der Waals surface area (Å²) >= 11 is 1.88. The number of halogens is 1. The second-order valence-electron chi connectivity index (χ2n) is 5.62. The number of rotatable bonds is 7. The Morgan fingerprint density at radius 1 is 1.33 bits per heavy atom. The van der Waals surface area contributed by atoms with E-state index in [1.165, 1.54) is 17.7 Å². The number of para-hydroxylation sites is 1. The van der Waals surface area contributed by atoms with Crippen molar-refractivity contribution in [3.05, 3.63) is 29.8 Å². The molecule has 1 aromatic rings. The van der Waals surface area contributed by atoms with Crippen molar-refractivity contribution in [2.45, 2.75) is 25.2 Å². The van der Waals surface area contributed by atoms with E-state index in [4.69, 9.17) is 0 Å². The zero-order chi connectivity index (χ0) is 16.5. The number of carbonyl (C=O) groups is 1. The van der Waals surface area contributed by atoms with E-state index in [0.29, 0.717) is 13.0 Å². The fourth-order valence-electron chi connectivity index (χ4n) is 2.70. The van der Waals surface area contributed by atoms with Gasteiger partial charge < -0.3 is 16.0 Å². The lowest BCUT2D eigenvalue weighted by Gasteiger charge is -2.26. The van der Waals surface area contributed by atoms with Crippen LogP contribution in [-0.4, -0.2) is 44.0 Å². The maximum absolute atomic E-state index is 11.8. The molecule has 1 aromatic carbocycles. The predicted molar refractivity (Wildman–Crippen MR) is 115 cm³/mol. The highest BCUT2D eigenvalue weighted by atomic mass is 127. The molecule has 0 aromatic heterocycles. The second kappa shape index (κ2) is 11.6. The molecule has 0 saturated carbocycles. The molecule has 24 heavy (non-hydrogen) atoms. The van der Waals surface area contributed by atoms with E-state index in [1.54, 1.807) is 7.05 Å². The maximum atomic E-state index is 11.8. The normalized spacial score (nSPS) is 16.7. The summed E-state index contributed by atoms with van der Waals surface area (Å²) in [5, 5.41) is 9.61. The molecular formula is C17H27IN4OS. The first-order valence-corrected chi connectivity index (χ1v) is 9.46. The van der Waals surface area contributed by atoms with Crippen LogP contribution in [0.4, 0.5) is 5.69 Å². The van der Waals surface area contributed by atoms with Crippen LogP contribution in [-0.2, 0) is 4.79 Å². The van der Waals surface area contributed by atoms with Crippen molar-refractivity contribution < 1.29 is 4.79 Å². The Morgan fingerprint density at radius 2 is 2.12 bits per heavy atom. The molecule has 0 radical (unpaired) electrons. The number of guanidine groups is 1. The predicted octanol–water partition coefficient (Wildman–Crippen LogP) is 3.04. The third kappa shape index (κ3) is 6.51. The fraction of sp³-hybridized carbons (Fsp3) is 0.529. The number of nitrogens with one attached hydrogen (secondary N) is 3. The van der Waals surface area contributed by atoms with Crippen LogP contribution in [0, 0.1) is 0 Å². The monoisotopic (exact) mass is 462 g/mol. The van der Waals surface area contributed by atoms with E-state index in [9.17, 15) is 4.79 Å². The molecule has 1 aliphatic rings. The van der Waals surface area contributed by atoms with E-state index in [1.807, 2.05) is 30.0 Å². The molecule has 1 aliphatic heterocycles. The third-order valence-electron chi connectivity index (χ3n) is 3.91. The summed E-state index contributed by atoms with van der Waals surface area (Å²) in [6, 6.07) is 8.00. The molecule has 3 N–H and O–H groups in total. The number of amides is 1. The highest BCUT2D eigenvalue weighted by molar-refractivity contribution is 14.0. The first-order valence-electron chi connectivity index (χ1n) is 8.07. The Labute approximate surface area is 165 Å². The van der Waals surface area contributed by atoms with Gasteiger partial charge in [-0.3, -0.25) is 9.79 Å². The summed E-state index contributed by atoms with van der Waals surface area (Å²) in [4.78, 5) is 16.1. The van der Waals surface area contributed by atoms with Crippen LogP contribution in [0.25, 0.3) is 0 Å². The van der Waals surface area contributed by atoms with Crippen molar-refractivity contribution in [3.63, 3.8) is 0 Å². The smallest absolute Gasteiger partial charge is 0.225 e. The molecular weight excluding hydrogens is 435 g/mol. The Balaban J connectivity index is 0.00000288. The molecule has 1 unspecified atom stereocenters. The summed E-state index contributed by atoms with van der Waals surface area (Å²) in [6.07, 6.45) is 4.98. The molecule has 1 atom stereocenters. The van der Waals surface area contributed by atoms with E-state index >= 15 is 0 Å². The van der Waals surface area contributed by atoms with Gasteiger partial charge in [-0.15, -0.1) is 24.0 Å². The maximum Gasteiger partial charge on any atom is 0.225 e. The molecule has 7 heteroatoms. The van der Waals surface area contributed by atoms with Gasteiger partial charge in [0.2, 0.25) is 5.91 Å². The Hall–Kier alpha value is -0.960. The zero-order valence-electron chi connectivity index (χ0n) is 14.3. The molecule has 134 valence electrons. The number of unbranched alkanes of at least 4 members (excludes halogenated alkanes) is 1. The topological polar surface area (TPSA) is 65.5 Å². The van der Waals surface area contributed by atoms with Gasteiger partial charge in [-0.25, -0.2) is 0 Å². The van der Waals surface area contributed by atoms with Crippen LogP contribution in [0.2, 0.25) is 0 Å². The lowest BCUT2D eigenvalue weighted by Crippen LogP contribution is -2.41. The van der Waals surface area contributed by atoms with Gasteiger partial charge in [0.15, 0.2) is 5.96 Å². The number of carbonyl (C=O) groups excluding carboxylic acids is 1. The number of hydrogen-bond donors (Lipinski definition) is 3. The number of aliphatic imine (C=N–C) groups is 1. The van der Waals surface area contributed by atoms with Gasteiger partial charge in [0.05, 0.1) is 0 Å². The molecule has 0 bridgehead atoms. The lowest BCUT2D eigenvalue weighted by molar-refractivity contribution is -0.116. The standard InChI is InChI=1S/C17H26N4OS.HI/c1-18-17(19-9-5-6-10-23-2)20-12-13-11-16(22)21-15-8-4-3-7-14(13)15;/h3-4,7-8,13H,5-6,9-12H2,1-2H3,(H,21,22)(H2,18,19,20);1H. The van der Waals surface area contributed by atoms with Crippen LogP contribution in [0.15, 0.2) is 29.3 Å². The minimum absolute atomic E-state index is 0. The van der Waals surface area contributed by atoms with E-state index in [2.05, 4.69) is 33.3 Å². The Morgan fingerprint density at radius 3 is 2.88 bits per heavy atom. The quantitative estimate of drug-likeness (QED) is 0.252. The highest BCUT2D eigenvalue weighted by Crippen LogP contribution is 2.31. The number of fused-ring (bicyclic) bond motifs is 1. The van der Waals surface area contributed by atoms with Crippen molar-refractivity contribution in [1.82, 2.24) is 10.6 Å².